The third kappa shape index (κ3) is 2.55. The van der Waals surface area contributed by atoms with Crippen LogP contribution in [-0.2, 0) is 10.2 Å². The van der Waals surface area contributed by atoms with E-state index in [0.29, 0.717) is 6.42 Å². The smallest absolute Gasteiger partial charge is 0.165 e. The summed E-state index contributed by atoms with van der Waals surface area (Å²) < 4.78 is 18.0. The van der Waals surface area contributed by atoms with Gasteiger partial charge in [-0.3, -0.25) is 0 Å². The average molecular weight is 210 g/mol. The van der Waals surface area contributed by atoms with Crippen LogP contribution in [0.3, 0.4) is 0 Å². The summed E-state index contributed by atoms with van der Waals surface area (Å²) in [5.41, 5.74) is 0.607. The number of aldehydes is 1. The number of halogens is 1. The Morgan fingerprint density at radius 2 is 2.13 bits per heavy atom. The average Bonchev–Trinajstić information content (AvgIpc) is 2.18. The molecule has 0 saturated heterocycles. The summed E-state index contributed by atoms with van der Waals surface area (Å²) in [5, 5.41) is 0. The second kappa shape index (κ2) is 4.43. The molecule has 1 rings (SSSR count). The first-order valence-corrected chi connectivity index (χ1v) is 4.79. The van der Waals surface area contributed by atoms with Crippen molar-refractivity contribution >= 4 is 6.29 Å². The van der Waals surface area contributed by atoms with Gasteiger partial charge in [-0.15, -0.1) is 0 Å². The summed E-state index contributed by atoms with van der Waals surface area (Å²) in [5.74, 6) is -0.172. The van der Waals surface area contributed by atoms with E-state index in [2.05, 4.69) is 0 Å². The van der Waals surface area contributed by atoms with E-state index in [9.17, 15) is 9.18 Å². The molecule has 0 heterocycles. The maximum Gasteiger partial charge on any atom is 0.165 e. The molecule has 0 aliphatic rings. The molecule has 82 valence electrons. The predicted molar refractivity (Wildman–Crippen MR) is 56.7 cm³/mol. The molecular formula is C12H15FO2. The Morgan fingerprint density at radius 1 is 1.47 bits per heavy atom. The fourth-order valence-corrected chi connectivity index (χ4v) is 1.41. The summed E-state index contributed by atoms with van der Waals surface area (Å²) in [6.07, 6.45) is 1.28. The SMILES string of the molecule is COc1cc(C(C)(C)CC=O)ccc1F. The zero-order chi connectivity index (χ0) is 11.5. The van der Waals surface area contributed by atoms with Crippen LogP contribution >= 0.6 is 0 Å². The van der Waals surface area contributed by atoms with Gasteiger partial charge in [0.2, 0.25) is 0 Å². The predicted octanol–water partition coefficient (Wildman–Crippen LogP) is 2.70. The van der Waals surface area contributed by atoms with Crippen LogP contribution in [0.15, 0.2) is 18.2 Å². The van der Waals surface area contributed by atoms with E-state index in [1.165, 1.54) is 13.2 Å². The minimum Gasteiger partial charge on any atom is -0.494 e. The Hall–Kier alpha value is -1.38. The van der Waals surface area contributed by atoms with Crippen molar-refractivity contribution in [3.05, 3.63) is 29.6 Å². The number of rotatable bonds is 4. The molecule has 0 atom stereocenters. The van der Waals surface area contributed by atoms with E-state index in [4.69, 9.17) is 4.74 Å². The minimum absolute atomic E-state index is 0.214. The van der Waals surface area contributed by atoms with Crippen LogP contribution < -0.4 is 4.74 Å². The van der Waals surface area contributed by atoms with E-state index in [-0.39, 0.29) is 17.0 Å². The lowest BCUT2D eigenvalue weighted by molar-refractivity contribution is -0.108. The van der Waals surface area contributed by atoms with Gasteiger partial charge in [0.25, 0.3) is 0 Å². The van der Waals surface area contributed by atoms with Crippen molar-refractivity contribution in [3.63, 3.8) is 0 Å². The lowest BCUT2D eigenvalue weighted by Crippen LogP contribution is -2.17. The fraction of sp³-hybridized carbons (Fsp3) is 0.417. The normalized spacial score (nSPS) is 11.2. The van der Waals surface area contributed by atoms with Gasteiger partial charge in [-0.2, -0.15) is 0 Å². The molecule has 1 aromatic carbocycles. The van der Waals surface area contributed by atoms with Crippen LogP contribution in [0.25, 0.3) is 0 Å². The molecule has 0 aliphatic carbocycles. The standard InChI is InChI=1S/C12H15FO2/c1-12(2,6-7-14)9-4-5-10(13)11(8-9)15-3/h4-5,7-8H,6H2,1-3H3. The molecule has 3 heteroatoms. The third-order valence-electron chi connectivity index (χ3n) is 2.53. The molecule has 0 radical (unpaired) electrons. The van der Waals surface area contributed by atoms with Crippen LogP contribution in [0.5, 0.6) is 5.75 Å². The number of carbonyl (C=O) groups is 1. The first-order chi connectivity index (χ1) is 7.01. The Labute approximate surface area is 89.1 Å². The number of benzene rings is 1. The molecule has 0 aliphatic heterocycles. The van der Waals surface area contributed by atoms with Crippen molar-refractivity contribution in [2.24, 2.45) is 0 Å². The fourth-order valence-electron chi connectivity index (χ4n) is 1.41. The van der Waals surface area contributed by atoms with E-state index in [1.54, 1.807) is 12.1 Å². The van der Waals surface area contributed by atoms with Gasteiger partial charge in [-0.1, -0.05) is 19.9 Å². The number of carbonyl (C=O) groups excluding carboxylic acids is 1. The molecule has 0 amide bonds. The second-order valence-electron chi connectivity index (χ2n) is 4.10. The maximum absolute atomic E-state index is 13.1. The number of methoxy groups -OCH3 is 1. The van der Waals surface area contributed by atoms with Crippen LogP contribution in [0.4, 0.5) is 4.39 Å². The molecule has 0 aromatic heterocycles. The Balaban J connectivity index is 3.10. The highest BCUT2D eigenvalue weighted by Crippen LogP contribution is 2.30. The van der Waals surface area contributed by atoms with E-state index in [1.807, 2.05) is 13.8 Å². The van der Waals surface area contributed by atoms with Crippen LogP contribution in [0.1, 0.15) is 25.8 Å². The quantitative estimate of drug-likeness (QED) is 0.714. The van der Waals surface area contributed by atoms with Crippen molar-refractivity contribution < 1.29 is 13.9 Å². The van der Waals surface area contributed by atoms with Gasteiger partial charge in [0.05, 0.1) is 7.11 Å². The zero-order valence-corrected chi connectivity index (χ0v) is 9.21. The molecule has 1 aromatic rings. The van der Waals surface area contributed by atoms with E-state index >= 15 is 0 Å². The molecular weight excluding hydrogens is 195 g/mol. The lowest BCUT2D eigenvalue weighted by atomic mass is 9.82. The topological polar surface area (TPSA) is 26.3 Å². The Morgan fingerprint density at radius 3 is 2.67 bits per heavy atom. The van der Waals surface area contributed by atoms with Gasteiger partial charge in [0.15, 0.2) is 11.6 Å². The van der Waals surface area contributed by atoms with Gasteiger partial charge in [-0.25, -0.2) is 4.39 Å². The van der Waals surface area contributed by atoms with Gasteiger partial charge >= 0.3 is 0 Å². The third-order valence-corrected chi connectivity index (χ3v) is 2.53. The number of ether oxygens (including phenoxy) is 1. The van der Waals surface area contributed by atoms with Gasteiger partial charge < -0.3 is 9.53 Å². The molecule has 0 fully saturated rings. The molecule has 0 spiro atoms. The van der Waals surface area contributed by atoms with Gasteiger partial charge in [0, 0.05) is 6.42 Å². The van der Waals surface area contributed by atoms with Crippen molar-refractivity contribution in [2.45, 2.75) is 25.7 Å². The zero-order valence-electron chi connectivity index (χ0n) is 9.21. The van der Waals surface area contributed by atoms with Crippen LogP contribution in [0.2, 0.25) is 0 Å². The molecule has 0 unspecified atom stereocenters. The number of hydrogen-bond acceptors (Lipinski definition) is 2. The molecule has 0 saturated carbocycles. The second-order valence-corrected chi connectivity index (χ2v) is 4.10. The summed E-state index contributed by atoms with van der Waals surface area (Å²) in [6, 6.07) is 4.68. The summed E-state index contributed by atoms with van der Waals surface area (Å²) in [6.45, 7) is 3.88. The molecule has 0 bridgehead atoms. The number of hydrogen-bond donors (Lipinski definition) is 0. The molecule has 0 N–H and O–H groups in total. The Kier molecular flexibility index (Phi) is 3.45. The highest BCUT2D eigenvalue weighted by atomic mass is 19.1. The highest BCUT2D eigenvalue weighted by molar-refractivity contribution is 5.53. The summed E-state index contributed by atoms with van der Waals surface area (Å²) in [4.78, 5) is 10.5. The first-order valence-electron chi connectivity index (χ1n) is 4.79. The summed E-state index contributed by atoms with van der Waals surface area (Å²) in [7, 11) is 1.43. The monoisotopic (exact) mass is 210 g/mol. The minimum atomic E-state index is -0.386. The van der Waals surface area contributed by atoms with Crippen LogP contribution in [0, 0.1) is 5.82 Å². The Bertz CT molecular complexity index is 359. The van der Waals surface area contributed by atoms with Gasteiger partial charge in [-0.05, 0) is 23.1 Å². The van der Waals surface area contributed by atoms with E-state index in [0.717, 1.165) is 11.8 Å². The van der Waals surface area contributed by atoms with Crippen molar-refractivity contribution in [1.82, 2.24) is 0 Å². The van der Waals surface area contributed by atoms with Gasteiger partial charge in [0.1, 0.15) is 6.29 Å². The first kappa shape index (κ1) is 11.7. The largest absolute Gasteiger partial charge is 0.494 e. The lowest BCUT2D eigenvalue weighted by Gasteiger charge is -2.23. The van der Waals surface area contributed by atoms with Crippen LogP contribution in [-0.4, -0.2) is 13.4 Å². The van der Waals surface area contributed by atoms with E-state index < -0.39 is 0 Å². The maximum atomic E-state index is 13.1. The van der Waals surface area contributed by atoms with Crippen molar-refractivity contribution in [3.8, 4) is 5.75 Å². The summed E-state index contributed by atoms with van der Waals surface area (Å²) >= 11 is 0. The van der Waals surface area contributed by atoms with Crippen molar-refractivity contribution in [2.75, 3.05) is 7.11 Å². The highest BCUT2D eigenvalue weighted by Gasteiger charge is 2.21. The molecule has 2 nitrogen and oxygen atoms in total. The molecule has 15 heavy (non-hydrogen) atoms. The van der Waals surface area contributed by atoms with Crippen molar-refractivity contribution in [1.29, 1.82) is 0 Å².